The molecular weight excluding hydrogens is 280 g/mol. The van der Waals surface area contributed by atoms with Crippen LogP contribution in [-0.4, -0.2) is 39.8 Å². The monoisotopic (exact) mass is 296 g/mol. The van der Waals surface area contributed by atoms with Crippen LogP contribution in [0.4, 0.5) is 0 Å². The van der Waals surface area contributed by atoms with Crippen molar-refractivity contribution in [2.24, 2.45) is 5.14 Å². The zero-order chi connectivity index (χ0) is 12.9. The van der Waals surface area contributed by atoms with Crippen LogP contribution in [0.2, 0.25) is 0 Å². The molecule has 1 aromatic rings. The second kappa shape index (κ2) is 7.55. The summed E-state index contributed by atoms with van der Waals surface area (Å²) in [5, 5.41) is 17.1. The van der Waals surface area contributed by atoms with Crippen LogP contribution in [0.5, 0.6) is 5.75 Å². The summed E-state index contributed by atoms with van der Waals surface area (Å²) in [7, 11) is -1.95. The Balaban J connectivity index is 0.00000289. The number of ether oxygens (including phenoxy) is 1. The number of halogens is 1. The first kappa shape index (κ1) is 17.1. The maximum atomic E-state index is 11.0. The Kier molecular flexibility index (Phi) is 7.19. The fraction of sp³-hybridized carbons (Fsp3) is 0.400. The fourth-order valence-electron chi connectivity index (χ4n) is 1.21. The summed E-state index contributed by atoms with van der Waals surface area (Å²) in [6, 6.07) is 5.70. The highest BCUT2D eigenvalue weighted by molar-refractivity contribution is 7.89. The molecule has 1 rings (SSSR count). The number of primary sulfonamides is 1. The van der Waals surface area contributed by atoms with Gasteiger partial charge in [0.15, 0.2) is 0 Å². The highest BCUT2D eigenvalue weighted by Gasteiger charge is 2.08. The lowest BCUT2D eigenvalue weighted by Gasteiger charge is -2.11. The number of hydrogen-bond donors (Lipinski definition) is 3. The summed E-state index contributed by atoms with van der Waals surface area (Å²) in [6.07, 6.45) is -0.613. The molecule has 0 radical (unpaired) electrons. The molecule has 1 unspecified atom stereocenters. The molecule has 0 fully saturated rings. The largest absolute Gasteiger partial charge is 0.491 e. The number of aliphatic hydroxyl groups is 1. The van der Waals surface area contributed by atoms with Gasteiger partial charge in [-0.25, -0.2) is 13.6 Å². The molecule has 8 heteroatoms. The van der Waals surface area contributed by atoms with Crippen LogP contribution in [0.3, 0.4) is 0 Å². The molecule has 1 atom stereocenters. The zero-order valence-corrected chi connectivity index (χ0v) is 11.5. The molecule has 0 bridgehead atoms. The molecule has 0 aromatic heterocycles. The van der Waals surface area contributed by atoms with Gasteiger partial charge in [0, 0.05) is 6.54 Å². The van der Waals surface area contributed by atoms with Crippen molar-refractivity contribution in [1.29, 1.82) is 0 Å². The van der Waals surface area contributed by atoms with Crippen molar-refractivity contribution in [2.75, 3.05) is 20.2 Å². The van der Waals surface area contributed by atoms with Gasteiger partial charge >= 0.3 is 0 Å². The molecule has 4 N–H and O–H groups in total. The highest BCUT2D eigenvalue weighted by Crippen LogP contribution is 2.14. The van der Waals surface area contributed by atoms with Crippen molar-refractivity contribution >= 4 is 22.4 Å². The van der Waals surface area contributed by atoms with Gasteiger partial charge in [0.25, 0.3) is 0 Å². The summed E-state index contributed by atoms with van der Waals surface area (Å²) >= 11 is 0. The van der Waals surface area contributed by atoms with Gasteiger partial charge in [-0.15, -0.1) is 12.4 Å². The third kappa shape index (κ3) is 5.65. The number of aliphatic hydroxyl groups excluding tert-OH is 1. The minimum Gasteiger partial charge on any atom is -0.491 e. The highest BCUT2D eigenvalue weighted by atomic mass is 35.5. The molecule has 104 valence electrons. The second-order valence-corrected chi connectivity index (χ2v) is 5.10. The molecule has 0 aliphatic carbocycles. The predicted molar refractivity (Wildman–Crippen MR) is 70.5 cm³/mol. The summed E-state index contributed by atoms with van der Waals surface area (Å²) < 4.78 is 27.2. The summed E-state index contributed by atoms with van der Waals surface area (Å²) in [4.78, 5) is 0.0284. The maximum Gasteiger partial charge on any atom is 0.238 e. The first-order valence-corrected chi connectivity index (χ1v) is 6.56. The first-order valence-electron chi connectivity index (χ1n) is 5.02. The van der Waals surface area contributed by atoms with Crippen molar-refractivity contribution in [1.82, 2.24) is 5.32 Å². The Bertz CT molecular complexity index is 449. The number of hydrogen-bond acceptors (Lipinski definition) is 5. The van der Waals surface area contributed by atoms with E-state index in [4.69, 9.17) is 9.88 Å². The zero-order valence-electron chi connectivity index (χ0n) is 9.87. The van der Waals surface area contributed by atoms with Gasteiger partial charge in [0.05, 0.1) is 4.90 Å². The molecule has 1 aromatic carbocycles. The maximum absolute atomic E-state index is 11.0. The van der Waals surface area contributed by atoms with Crippen molar-refractivity contribution in [3.8, 4) is 5.75 Å². The van der Waals surface area contributed by atoms with Crippen LogP contribution >= 0.6 is 12.4 Å². The van der Waals surface area contributed by atoms with E-state index in [0.29, 0.717) is 12.3 Å². The molecule has 0 heterocycles. The van der Waals surface area contributed by atoms with Crippen molar-refractivity contribution in [3.63, 3.8) is 0 Å². The Hall–Kier alpha value is -0.860. The van der Waals surface area contributed by atoms with E-state index < -0.39 is 16.1 Å². The Morgan fingerprint density at radius 3 is 2.39 bits per heavy atom. The normalized spacial score (nSPS) is 12.6. The molecule has 0 aliphatic rings. The van der Waals surface area contributed by atoms with Crippen LogP contribution < -0.4 is 15.2 Å². The second-order valence-electron chi connectivity index (χ2n) is 3.54. The van der Waals surface area contributed by atoms with Gasteiger partial charge in [-0.05, 0) is 31.3 Å². The fourth-order valence-corrected chi connectivity index (χ4v) is 1.73. The topological polar surface area (TPSA) is 102 Å². The average Bonchev–Trinajstić information content (AvgIpc) is 2.26. The van der Waals surface area contributed by atoms with E-state index in [-0.39, 0.29) is 23.9 Å². The minimum atomic E-state index is -3.67. The molecule has 0 aliphatic heterocycles. The molecule has 0 amide bonds. The van der Waals surface area contributed by atoms with E-state index in [9.17, 15) is 13.5 Å². The Morgan fingerprint density at radius 1 is 1.39 bits per heavy atom. The van der Waals surface area contributed by atoms with E-state index >= 15 is 0 Å². The lowest BCUT2D eigenvalue weighted by atomic mass is 10.3. The average molecular weight is 297 g/mol. The molecular formula is C10H17ClN2O4S. The lowest BCUT2D eigenvalue weighted by molar-refractivity contribution is 0.108. The van der Waals surface area contributed by atoms with Crippen molar-refractivity contribution in [3.05, 3.63) is 24.3 Å². The Morgan fingerprint density at radius 2 is 1.94 bits per heavy atom. The molecule has 0 saturated carbocycles. The molecule has 0 saturated heterocycles. The predicted octanol–water partition coefficient (Wildman–Crippen LogP) is -0.285. The van der Waals surface area contributed by atoms with Gasteiger partial charge in [-0.2, -0.15) is 0 Å². The van der Waals surface area contributed by atoms with Crippen molar-refractivity contribution in [2.45, 2.75) is 11.0 Å². The number of nitrogens with one attached hydrogen (secondary N) is 1. The summed E-state index contributed by atoms with van der Waals surface area (Å²) in [5.41, 5.74) is 0. The van der Waals surface area contributed by atoms with Crippen LogP contribution in [0.25, 0.3) is 0 Å². The van der Waals surface area contributed by atoms with Crippen LogP contribution in [0.15, 0.2) is 29.2 Å². The smallest absolute Gasteiger partial charge is 0.238 e. The molecule has 6 nitrogen and oxygen atoms in total. The lowest BCUT2D eigenvalue weighted by Crippen LogP contribution is -2.29. The third-order valence-electron chi connectivity index (χ3n) is 2.03. The third-order valence-corrected chi connectivity index (χ3v) is 2.96. The van der Waals surface area contributed by atoms with E-state index in [2.05, 4.69) is 5.32 Å². The van der Waals surface area contributed by atoms with E-state index in [1.807, 2.05) is 0 Å². The number of likely N-dealkylation sites (N-methyl/N-ethyl adjacent to an activating group) is 1. The standard InChI is InChI=1S/C10H16N2O4S.ClH/c1-12-6-8(13)7-16-9-2-4-10(5-3-9)17(11,14)15;/h2-5,8,12-13H,6-7H2,1H3,(H2,11,14,15);1H. The molecule has 18 heavy (non-hydrogen) atoms. The summed E-state index contributed by atoms with van der Waals surface area (Å²) in [6.45, 7) is 0.560. The minimum absolute atomic E-state index is 0. The van der Waals surface area contributed by atoms with Crippen molar-refractivity contribution < 1.29 is 18.3 Å². The molecule has 0 spiro atoms. The first-order chi connectivity index (χ1) is 7.93. The number of sulfonamides is 1. The number of benzene rings is 1. The Labute approximate surface area is 113 Å². The van der Waals surface area contributed by atoms with Gasteiger partial charge in [-0.1, -0.05) is 0 Å². The van der Waals surface area contributed by atoms with Gasteiger partial charge in [0.2, 0.25) is 10.0 Å². The summed E-state index contributed by atoms with van der Waals surface area (Å²) in [5.74, 6) is 0.479. The van der Waals surface area contributed by atoms with Gasteiger partial charge in [-0.3, -0.25) is 0 Å². The van der Waals surface area contributed by atoms with Gasteiger partial charge < -0.3 is 15.2 Å². The van der Waals surface area contributed by atoms with Gasteiger partial charge in [0.1, 0.15) is 18.5 Å². The number of rotatable bonds is 6. The number of nitrogens with two attached hydrogens (primary N) is 1. The SMILES string of the molecule is CNCC(O)COc1ccc(S(N)(=O)=O)cc1.Cl. The van der Waals surface area contributed by atoms with Crippen LogP contribution in [0, 0.1) is 0 Å². The van der Waals surface area contributed by atoms with Crippen LogP contribution in [-0.2, 0) is 10.0 Å². The van der Waals surface area contributed by atoms with E-state index in [0.717, 1.165) is 0 Å². The quantitative estimate of drug-likeness (QED) is 0.670. The van der Waals surface area contributed by atoms with E-state index in [1.54, 1.807) is 7.05 Å². The van der Waals surface area contributed by atoms with E-state index in [1.165, 1.54) is 24.3 Å². The van der Waals surface area contributed by atoms with Crippen LogP contribution in [0.1, 0.15) is 0 Å².